The molecule has 0 aromatic carbocycles. The first-order valence-corrected chi connectivity index (χ1v) is 5.57. The summed E-state index contributed by atoms with van der Waals surface area (Å²) in [5.41, 5.74) is 8.38. The van der Waals surface area contributed by atoms with E-state index >= 15 is 0 Å². The number of hydrogen-bond acceptors (Lipinski definition) is 9. The molecule has 1 rings (SSSR count). The minimum atomic E-state index is -2.91. The second-order valence-corrected chi connectivity index (χ2v) is 4.36. The van der Waals surface area contributed by atoms with Gasteiger partial charge in [-0.1, -0.05) is 5.11 Å². The van der Waals surface area contributed by atoms with Crippen molar-refractivity contribution in [2.24, 2.45) is 5.11 Å². The van der Waals surface area contributed by atoms with Crippen LogP contribution < -0.4 is 5.11 Å². The molecule has 0 aromatic rings. The number of nitrogens with zero attached hydrogens (tertiary/aromatic N) is 3. The maximum Gasteiger partial charge on any atom is 0.209 e. The van der Waals surface area contributed by atoms with Gasteiger partial charge < -0.3 is 40.2 Å². The second-order valence-electron chi connectivity index (χ2n) is 4.36. The number of hydrogen-bond donors (Lipinski definition) is 5. The molecule has 1 fully saturated rings. The molecule has 0 aromatic heterocycles. The zero-order valence-corrected chi connectivity index (χ0v) is 10.1. The molecule has 1 aliphatic rings. The fourth-order valence-corrected chi connectivity index (χ4v) is 1.90. The molecule has 0 radical (unpaired) electrons. The van der Waals surface area contributed by atoms with E-state index in [9.17, 15) is 30.3 Å². The summed E-state index contributed by atoms with van der Waals surface area (Å²) >= 11 is 0. The Bertz CT molecular complexity index is 414. The van der Waals surface area contributed by atoms with E-state index in [1.807, 2.05) is 0 Å². The average molecular weight is 292 g/mol. The lowest BCUT2D eigenvalue weighted by molar-refractivity contribution is -0.373. The van der Waals surface area contributed by atoms with Crippen LogP contribution in [0.5, 0.6) is 0 Å². The monoisotopic (exact) mass is 292 g/mol. The van der Waals surface area contributed by atoms with Gasteiger partial charge in [-0.15, -0.1) is 0 Å². The summed E-state index contributed by atoms with van der Waals surface area (Å²) < 4.78 is 4.70. The number of azide groups is 1. The fourth-order valence-electron chi connectivity index (χ4n) is 1.90. The predicted molar refractivity (Wildman–Crippen MR) is 57.5 cm³/mol. The maximum atomic E-state index is 10.8. The molecule has 0 amide bonds. The third-order valence-electron chi connectivity index (χ3n) is 2.97. The number of aliphatic carboxylic acids is 1. The lowest BCUT2D eigenvalue weighted by atomic mass is 9.89. The zero-order chi connectivity index (χ0) is 15.5. The van der Waals surface area contributed by atoms with Gasteiger partial charge in [0.15, 0.2) is 0 Å². The van der Waals surface area contributed by atoms with E-state index < -0.39 is 55.2 Å². The van der Waals surface area contributed by atoms with Crippen LogP contribution >= 0.6 is 0 Å². The number of aliphatic hydroxyl groups excluding tert-OH is 4. The molecular weight excluding hydrogens is 278 g/mol. The summed E-state index contributed by atoms with van der Waals surface area (Å²) in [5, 5.41) is 61.1. The number of carbonyl (C=O) groups excluding carboxylic acids is 1. The highest BCUT2D eigenvalue weighted by molar-refractivity contribution is 5.73. The summed E-state index contributed by atoms with van der Waals surface area (Å²) in [4.78, 5) is 13.2. The zero-order valence-electron chi connectivity index (χ0n) is 10.1. The lowest BCUT2D eigenvalue weighted by Gasteiger charge is -2.45. The van der Waals surface area contributed by atoms with Crippen LogP contribution in [0.1, 0.15) is 6.42 Å². The van der Waals surface area contributed by atoms with Crippen LogP contribution in [0, 0.1) is 0 Å². The molecule has 0 unspecified atom stereocenters. The normalized spacial score (nSPS) is 36.8. The Morgan fingerprint density at radius 2 is 2.20 bits per heavy atom. The first-order valence-electron chi connectivity index (χ1n) is 5.57. The van der Waals surface area contributed by atoms with Gasteiger partial charge in [-0.2, -0.15) is 0 Å². The van der Waals surface area contributed by atoms with Crippen molar-refractivity contribution in [1.82, 2.24) is 0 Å². The average Bonchev–Trinajstić information content (AvgIpc) is 2.39. The van der Waals surface area contributed by atoms with Gasteiger partial charge in [0, 0.05) is 11.3 Å². The molecule has 11 heteroatoms. The Labute approximate surface area is 112 Å². The van der Waals surface area contributed by atoms with Gasteiger partial charge in [0.2, 0.25) is 5.79 Å². The van der Waals surface area contributed by atoms with Gasteiger partial charge in [-0.3, -0.25) is 0 Å². The largest absolute Gasteiger partial charge is 0.544 e. The lowest BCUT2D eigenvalue weighted by Crippen LogP contribution is -2.65. The highest BCUT2D eigenvalue weighted by atomic mass is 16.7. The number of carbonyl (C=O) groups is 1. The molecule has 0 bridgehead atoms. The van der Waals surface area contributed by atoms with Gasteiger partial charge in [-0.05, 0) is 5.53 Å². The quantitative estimate of drug-likeness (QED) is 0.191. The molecule has 5 N–H and O–H groups in total. The minimum absolute atomic E-state index is 0.850. The van der Waals surface area contributed by atoms with Crippen molar-refractivity contribution < 1.29 is 40.2 Å². The first kappa shape index (κ1) is 16.6. The molecule has 20 heavy (non-hydrogen) atoms. The van der Waals surface area contributed by atoms with Gasteiger partial charge in [-0.25, -0.2) is 0 Å². The van der Waals surface area contributed by atoms with Gasteiger partial charge in [0.1, 0.15) is 24.3 Å². The molecule has 1 heterocycles. The van der Waals surface area contributed by atoms with E-state index in [1.165, 1.54) is 0 Å². The van der Waals surface area contributed by atoms with Crippen molar-refractivity contribution in [2.75, 3.05) is 6.61 Å². The van der Waals surface area contributed by atoms with Gasteiger partial charge in [0.25, 0.3) is 0 Å². The molecule has 0 spiro atoms. The molecule has 1 saturated heterocycles. The topological polar surface area (TPSA) is 199 Å². The predicted octanol–water partition coefficient (Wildman–Crippen LogP) is -4.03. The van der Waals surface area contributed by atoms with Crippen LogP contribution in [-0.4, -0.2) is 74.4 Å². The first-order chi connectivity index (χ1) is 9.26. The van der Waals surface area contributed by atoms with Crippen molar-refractivity contribution in [1.29, 1.82) is 0 Å². The standard InChI is InChI=1S/C9H15N3O8/c10-12-11-5-3(14)1-9(19,8(17)18)20-7(5)6(16)4(15)2-13/h3-7,13-16,19H,1-2H2,(H,17,18)/p-1/t3-,4+,5+,6+,7+,9-/m0/s1. The Morgan fingerprint density at radius 1 is 1.60 bits per heavy atom. The minimum Gasteiger partial charge on any atom is -0.544 e. The highest BCUT2D eigenvalue weighted by Crippen LogP contribution is 2.31. The van der Waals surface area contributed by atoms with E-state index in [1.54, 1.807) is 0 Å². The summed E-state index contributed by atoms with van der Waals surface area (Å²) in [7, 11) is 0. The SMILES string of the molecule is [N-]=[N+]=N[C@H]1[C@H]([C@H](O)[C@H](O)CO)O[C@](O)(C(=O)[O-])C[C@@H]1O. The van der Waals surface area contributed by atoms with Crippen molar-refractivity contribution >= 4 is 5.97 Å². The molecule has 11 nitrogen and oxygen atoms in total. The summed E-state index contributed by atoms with van der Waals surface area (Å²) in [6, 6.07) is -1.46. The Balaban J connectivity index is 3.10. The van der Waals surface area contributed by atoms with Crippen LogP contribution in [0.25, 0.3) is 10.4 Å². The number of carboxylic acids is 1. The Morgan fingerprint density at radius 3 is 2.65 bits per heavy atom. The van der Waals surface area contributed by atoms with Crippen LogP contribution in [0.2, 0.25) is 0 Å². The second kappa shape index (κ2) is 6.33. The number of rotatable bonds is 5. The van der Waals surface area contributed by atoms with Crippen LogP contribution in [0.15, 0.2) is 5.11 Å². The maximum absolute atomic E-state index is 10.8. The molecule has 1 aliphatic heterocycles. The van der Waals surface area contributed by atoms with Gasteiger partial charge in [0.05, 0.1) is 18.8 Å². The summed E-state index contributed by atoms with van der Waals surface area (Å²) in [6.07, 6.45) is -7.92. The number of carboxylic acid groups (broad SMARTS) is 1. The Kier molecular flexibility index (Phi) is 5.25. The van der Waals surface area contributed by atoms with Gasteiger partial charge >= 0.3 is 0 Å². The van der Waals surface area contributed by atoms with Crippen LogP contribution in [0.3, 0.4) is 0 Å². The molecule has 6 atom stereocenters. The molecule has 0 saturated carbocycles. The molecular formula is C9H14N3O8-. The Hall–Kier alpha value is -1.46. The van der Waals surface area contributed by atoms with Crippen molar-refractivity contribution in [3.05, 3.63) is 10.4 Å². The molecule has 114 valence electrons. The summed E-state index contributed by atoms with van der Waals surface area (Å²) in [5.74, 6) is -4.98. The third-order valence-corrected chi connectivity index (χ3v) is 2.97. The number of aliphatic hydroxyl groups is 5. The molecule has 0 aliphatic carbocycles. The van der Waals surface area contributed by atoms with Crippen molar-refractivity contribution in [3.63, 3.8) is 0 Å². The smallest absolute Gasteiger partial charge is 0.209 e. The fraction of sp³-hybridized carbons (Fsp3) is 0.889. The van der Waals surface area contributed by atoms with Crippen molar-refractivity contribution in [2.45, 2.75) is 42.7 Å². The van der Waals surface area contributed by atoms with E-state index in [0.29, 0.717) is 0 Å². The van der Waals surface area contributed by atoms with E-state index in [0.717, 1.165) is 0 Å². The third kappa shape index (κ3) is 3.16. The van der Waals surface area contributed by atoms with Crippen LogP contribution in [0.4, 0.5) is 0 Å². The summed E-state index contributed by atoms with van der Waals surface area (Å²) in [6.45, 7) is -0.899. The van der Waals surface area contributed by atoms with E-state index in [2.05, 4.69) is 10.0 Å². The van der Waals surface area contributed by atoms with Crippen molar-refractivity contribution in [3.8, 4) is 0 Å². The highest BCUT2D eigenvalue weighted by Gasteiger charge is 2.50. The van der Waals surface area contributed by atoms with E-state index in [4.69, 9.17) is 15.4 Å². The number of ether oxygens (including phenoxy) is 1. The van der Waals surface area contributed by atoms with E-state index in [-0.39, 0.29) is 0 Å². The van der Waals surface area contributed by atoms with Crippen LogP contribution in [-0.2, 0) is 9.53 Å².